The van der Waals surface area contributed by atoms with E-state index in [0.717, 1.165) is 21.0 Å². The van der Waals surface area contributed by atoms with Crippen molar-refractivity contribution in [3.63, 3.8) is 0 Å². The molecular formula is C31H29N4O2PS. The van der Waals surface area contributed by atoms with Crippen LogP contribution in [0.4, 0.5) is 11.5 Å². The monoisotopic (exact) mass is 552 g/mol. The predicted molar refractivity (Wildman–Crippen MR) is 164 cm³/mol. The molecule has 39 heavy (non-hydrogen) atoms. The summed E-state index contributed by atoms with van der Waals surface area (Å²) in [7, 11) is -0.994. The van der Waals surface area contributed by atoms with Gasteiger partial charge in [0.15, 0.2) is 0 Å². The van der Waals surface area contributed by atoms with Gasteiger partial charge in [0.25, 0.3) is 5.91 Å². The second kappa shape index (κ2) is 11.3. The van der Waals surface area contributed by atoms with Crippen molar-refractivity contribution >= 4 is 46.5 Å². The van der Waals surface area contributed by atoms with Crippen molar-refractivity contribution in [2.75, 3.05) is 30.4 Å². The number of nitrogen functional groups attached to an aromatic ring is 1. The molecule has 1 amide bonds. The number of carbonyl (C=O) groups excluding carboxylic acids is 1. The summed E-state index contributed by atoms with van der Waals surface area (Å²) >= 11 is 1.62. The lowest BCUT2D eigenvalue weighted by Crippen LogP contribution is -2.28. The van der Waals surface area contributed by atoms with Gasteiger partial charge in [-0.1, -0.05) is 72.8 Å². The Kier molecular flexibility index (Phi) is 7.64. The molecule has 0 fully saturated rings. The van der Waals surface area contributed by atoms with E-state index in [1.807, 2.05) is 108 Å². The Morgan fingerprint density at radius 1 is 0.897 bits per heavy atom. The van der Waals surface area contributed by atoms with E-state index < -0.39 is 13.0 Å². The Morgan fingerprint density at radius 2 is 1.56 bits per heavy atom. The standard InChI is InChI=1S/C31H29N4O2PS/c1-35(18-19-38(37,23-9-4-2-5-10-23)24-11-6-3-7-12-24)29-17-15-25(31(33)36)30(34-29)26-21-22(14-16-27(26)32)28-13-8-20-39-28/h2-17,20-21H,18-19,32H2,1H3,(H2,33,36). The van der Waals surface area contributed by atoms with E-state index in [1.165, 1.54) is 0 Å². The molecule has 0 saturated heterocycles. The van der Waals surface area contributed by atoms with Crippen LogP contribution in [0.2, 0.25) is 0 Å². The van der Waals surface area contributed by atoms with Gasteiger partial charge >= 0.3 is 0 Å². The molecule has 0 bridgehead atoms. The molecule has 8 heteroatoms. The van der Waals surface area contributed by atoms with Crippen LogP contribution in [0.5, 0.6) is 0 Å². The van der Waals surface area contributed by atoms with Gasteiger partial charge < -0.3 is 20.9 Å². The minimum atomic E-state index is -2.90. The molecule has 0 aliphatic carbocycles. The first-order valence-electron chi connectivity index (χ1n) is 12.5. The first-order valence-corrected chi connectivity index (χ1v) is 15.3. The average molecular weight is 553 g/mol. The number of thiophene rings is 1. The molecule has 3 aromatic carbocycles. The zero-order valence-electron chi connectivity index (χ0n) is 21.5. The number of nitrogens with two attached hydrogens (primary N) is 2. The highest BCUT2D eigenvalue weighted by Crippen LogP contribution is 2.43. The molecule has 0 aliphatic rings. The largest absolute Gasteiger partial charge is 0.398 e. The molecule has 2 aromatic heterocycles. The lowest BCUT2D eigenvalue weighted by molar-refractivity contribution is 0.100. The fraction of sp³-hybridized carbons (Fsp3) is 0.0968. The molecule has 0 aliphatic heterocycles. The minimum absolute atomic E-state index is 0.293. The third kappa shape index (κ3) is 5.51. The third-order valence-corrected chi connectivity index (χ3v) is 10.8. The van der Waals surface area contributed by atoms with E-state index in [0.29, 0.717) is 41.0 Å². The van der Waals surface area contributed by atoms with Crippen LogP contribution in [-0.2, 0) is 4.57 Å². The molecule has 5 aromatic rings. The van der Waals surface area contributed by atoms with Crippen LogP contribution in [0.25, 0.3) is 21.7 Å². The first-order chi connectivity index (χ1) is 18.9. The number of primary amides is 1. The molecule has 2 heterocycles. The number of carbonyl (C=O) groups is 1. The van der Waals surface area contributed by atoms with Crippen molar-refractivity contribution in [1.29, 1.82) is 0 Å². The number of nitrogens with zero attached hydrogens (tertiary/aromatic N) is 2. The quantitative estimate of drug-likeness (QED) is 0.183. The number of rotatable bonds is 9. The number of aromatic nitrogens is 1. The van der Waals surface area contributed by atoms with Crippen molar-refractivity contribution in [3.05, 3.63) is 114 Å². The van der Waals surface area contributed by atoms with Gasteiger partial charge in [0.2, 0.25) is 0 Å². The average Bonchev–Trinajstić information content (AvgIpc) is 3.52. The molecule has 4 N–H and O–H groups in total. The summed E-state index contributed by atoms with van der Waals surface area (Å²) in [5.74, 6) is 0.0499. The van der Waals surface area contributed by atoms with Crippen LogP contribution in [0.3, 0.4) is 0 Å². The van der Waals surface area contributed by atoms with E-state index in [-0.39, 0.29) is 0 Å². The summed E-state index contributed by atoms with van der Waals surface area (Å²) < 4.78 is 14.5. The second-order valence-electron chi connectivity index (χ2n) is 9.27. The first kappa shape index (κ1) is 26.4. The van der Waals surface area contributed by atoms with Gasteiger partial charge in [0, 0.05) is 46.5 Å². The van der Waals surface area contributed by atoms with Gasteiger partial charge in [-0.2, -0.15) is 0 Å². The van der Waals surface area contributed by atoms with Gasteiger partial charge in [0.1, 0.15) is 13.0 Å². The van der Waals surface area contributed by atoms with Gasteiger partial charge in [-0.3, -0.25) is 4.79 Å². The molecule has 0 radical (unpaired) electrons. The maximum absolute atomic E-state index is 14.5. The van der Waals surface area contributed by atoms with E-state index in [4.69, 9.17) is 16.5 Å². The predicted octanol–water partition coefficient (Wildman–Crippen LogP) is 5.61. The fourth-order valence-electron chi connectivity index (χ4n) is 4.57. The SMILES string of the molecule is CN(CCP(=O)(c1ccccc1)c1ccccc1)c1ccc(C(N)=O)c(-c2cc(-c3cccs3)ccc2N)n1. The van der Waals surface area contributed by atoms with Gasteiger partial charge in [-0.15, -0.1) is 11.3 Å². The van der Waals surface area contributed by atoms with E-state index in [1.54, 1.807) is 23.5 Å². The van der Waals surface area contributed by atoms with Crippen molar-refractivity contribution in [1.82, 2.24) is 4.98 Å². The second-order valence-corrected chi connectivity index (χ2v) is 13.2. The lowest BCUT2D eigenvalue weighted by Gasteiger charge is -2.25. The molecular weight excluding hydrogens is 523 g/mol. The Bertz CT molecular complexity index is 1600. The maximum Gasteiger partial charge on any atom is 0.250 e. The zero-order chi connectivity index (χ0) is 27.4. The van der Waals surface area contributed by atoms with Crippen molar-refractivity contribution in [3.8, 4) is 21.7 Å². The fourth-order valence-corrected chi connectivity index (χ4v) is 8.00. The summed E-state index contributed by atoms with van der Waals surface area (Å²) in [6, 6.07) is 32.4. The van der Waals surface area contributed by atoms with Crippen LogP contribution in [0.1, 0.15) is 10.4 Å². The van der Waals surface area contributed by atoms with Gasteiger partial charge in [-0.05, 0) is 41.3 Å². The highest BCUT2D eigenvalue weighted by Gasteiger charge is 2.27. The van der Waals surface area contributed by atoms with E-state index in [2.05, 4.69) is 0 Å². The zero-order valence-corrected chi connectivity index (χ0v) is 23.2. The molecule has 196 valence electrons. The van der Waals surface area contributed by atoms with Crippen molar-refractivity contribution in [2.24, 2.45) is 5.73 Å². The Morgan fingerprint density at radius 3 is 2.15 bits per heavy atom. The molecule has 0 saturated carbocycles. The number of hydrogen-bond acceptors (Lipinski definition) is 6. The lowest BCUT2D eigenvalue weighted by atomic mass is 10.0. The smallest absolute Gasteiger partial charge is 0.250 e. The minimum Gasteiger partial charge on any atom is -0.398 e. The molecule has 0 spiro atoms. The number of pyridine rings is 1. The summed E-state index contributed by atoms with van der Waals surface area (Å²) in [5.41, 5.74) is 15.0. The number of hydrogen-bond donors (Lipinski definition) is 2. The van der Waals surface area contributed by atoms with E-state index in [9.17, 15) is 9.36 Å². The Hall–Kier alpha value is -4.19. The molecule has 0 atom stereocenters. The summed E-state index contributed by atoms with van der Waals surface area (Å²) in [4.78, 5) is 20.3. The summed E-state index contributed by atoms with van der Waals surface area (Å²) in [6.07, 6.45) is 0.419. The molecule has 5 rings (SSSR count). The van der Waals surface area contributed by atoms with Crippen LogP contribution in [0.15, 0.2) is 109 Å². The summed E-state index contributed by atoms with van der Waals surface area (Å²) in [6.45, 7) is 0.480. The van der Waals surface area contributed by atoms with Crippen LogP contribution in [0, 0.1) is 0 Å². The van der Waals surface area contributed by atoms with Gasteiger partial charge in [-0.25, -0.2) is 4.98 Å². The third-order valence-electron chi connectivity index (χ3n) is 6.75. The van der Waals surface area contributed by atoms with Crippen LogP contribution < -0.4 is 27.0 Å². The summed E-state index contributed by atoms with van der Waals surface area (Å²) in [5, 5.41) is 3.65. The molecule has 0 unspecified atom stereocenters. The van der Waals surface area contributed by atoms with E-state index >= 15 is 0 Å². The topological polar surface area (TPSA) is 102 Å². The van der Waals surface area contributed by atoms with Crippen molar-refractivity contribution in [2.45, 2.75) is 0 Å². The maximum atomic E-state index is 14.5. The number of benzene rings is 3. The number of amides is 1. The normalized spacial score (nSPS) is 11.3. The Balaban J connectivity index is 1.49. The molecule has 6 nitrogen and oxygen atoms in total. The highest BCUT2D eigenvalue weighted by atomic mass is 32.1. The highest BCUT2D eigenvalue weighted by molar-refractivity contribution is 7.78. The Labute approximate surface area is 232 Å². The number of anilines is 2. The van der Waals surface area contributed by atoms with Crippen molar-refractivity contribution < 1.29 is 9.36 Å². The van der Waals surface area contributed by atoms with Crippen LogP contribution in [-0.4, -0.2) is 30.6 Å². The van der Waals surface area contributed by atoms with Crippen LogP contribution >= 0.6 is 18.5 Å². The van der Waals surface area contributed by atoms with Gasteiger partial charge in [0.05, 0.1) is 11.3 Å².